The molecule has 1 aromatic carbocycles. The summed E-state index contributed by atoms with van der Waals surface area (Å²) >= 11 is 5.93. The molecule has 1 fully saturated rings. The number of carbonyl (C=O) groups is 1. The molecule has 0 radical (unpaired) electrons. The van der Waals surface area contributed by atoms with E-state index < -0.39 is 27.4 Å². The Morgan fingerprint density at radius 2 is 1.75 bits per heavy atom. The van der Waals surface area contributed by atoms with Crippen molar-refractivity contribution in [2.75, 3.05) is 6.54 Å². The number of hydrogen-bond acceptors (Lipinski definition) is 3. The van der Waals surface area contributed by atoms with Gasteiger partial charge in [0.2, 0.25) is 0 Å². The first-order valence-electron chi connectivity index (χ1n) is 12.5. The van der Waals surface area contributed by atoms with Crippen LogP contribution in [0.1, 0.15) is 28.0 Å². The number of hydrogen-bond donors (Lipinski definition) is 1. The van der Waals surface area contributed by atoms with Crippen molar-refractivity contribution in [1.29, 1.82) is 0 Å². The van der Waals surface area contributed by atoms with E-state index in [-0.39, 0.29) is 29.0 Å². The first kappa shape index (κ1) is 29.1. The number of halogens is 3. The minimum absolute atomic E-state index is 0.0154. The zero-order valence-electron chi connectivity index (χ0n) is 23.0. The Morgan fingerprint density at radius 3 is 2.28 bits per heavy atom. The summed E-state index contributed by atoms with van der Waals surface area (Å²) < 4.78 is 30.9. The van der Waals surface area contributed by atoms with E-state index in [4.69, 9.17) is 11.6 Å². The normalized spacial score (nSPS) is 21.7. The smallest absolute Gasteiger partial charge is 0.253 e. The Bertz CT molecular complexity index is 1150. The van der Waals surface area contributed by atoms with E-state index in [2.05, 4.69) is 39.9 Å². The van der Waals surface area contributed by atoms with Crippen molar-refractivity contribution in [3.05, 3.63) is 64.2 Å². The molecule has 2 heterocycles. The Hall–Kier alpha value is -1.47. The van der Waals surface area contributed by atoms with Gasteiger partial charge in [-0.1, -0.05) is 22.8 Å². The van der Waals surface area contributed by atoms with E-state index in [1.165, 1.54) is 18.2 Å². The lowest BCUT2D eigenvalue weighted by Gasteiger charge is -2.65. The first-order valence-corrected chi connectivity index (χ1v) is 12.9. The molecule has 1 unspecified atom stereocenters. The van der Waals surface area contributed by atoms with Crippen molar-refractivity contribution in [1.82, 2.24) is 15.2 Å². The second kappa shape index (κ2) is 9.69. The Morgan fingerprint density at radius 1 is 1.11 bits per heavy atom. The van der Waals surface area contributed by atoms with Gasteiger partial charge in [0.15, 0.2) is 0 Å². The summed E-state index contributed by atoms with van der Waals surface area (Å²) in [6.45, 7) is 0.653. The Balaban J connectivity index is 1.84. The van der Waals surface area contributed by atoms with E-state index in [9.17, 15) is 9.18 Å². The SMILES string of the molecule is BC(B)(B)c1ccc(CNC(B)(B)C2(F)CCN(C(=O)c3ccc(F)c(Cl)c3)C(B)(B)C2(B)B)nc1. The topological polar surface area (TPSA) is 45.2 Å². The highest BCUT2D eigenvalue weighted by Crippen LogP contribution is 2.54. The predicted molar refractivity (Wildman–Crippen MR) is 169 cm³/mol. The molecule has 4 nitrogen and oxygen atoms in total. The molecule has 0 aliphatic carbocycles. The highest BCUT2D eigenvalue weighted by atomic mass is 35.5. The van der Waals surface area contributed by atoms with Crippen LogP contribution in [0.2, 0.25) is 10.2 Å². The molecule has 1 amide bonds. The molecule has 1 saturated heterocycles. The molecule has 16 heteroatoms. The number of likely N-dealkylation sites (tertiary alicyclic amines) is 1. The van der Waals surface area contributed by atoms with Crippen LogP contribution in [0.3, 0.4) is 0 Å². The summed E-state index contributed by atoms with van der Waals surface area (Å²) in [5.41, 5.74) is 0.637. The minimum atomic E-state index is -1.65. The third kappa shape index (κ3) is 4.99. The van der Waals surface area contributed by atoms with Gasteiger partial charge >= 0.3 is 0 Å². The van der Waals surface area contributed by atoms with E-state index in [0.717, 1.165) is 11.3 Å². The summed E-state index contributed by atoms with van der Waals surface area (Å²) in [6.07, 6.45) is 2.04. The highest BCUT2D eigenvalue weighted by molar-refractivity contribution is 6.59. The molecule has 1 aromatic heterocycles. The van der Waals surface area contributed by atoms with Gasteiger partial charge in [0.05, 0.1) is 34.3 Å². The second-order valence-corrected chi connectivity index (χ2v) is 13.0. The average Bonchev–Trinajstić information content (AvgIpc) is 2.77. The largest absolute Gasteiger partial charge is 0.349 e. The van der Waals surface area contributed by atoms with E-state index in [0.29, 0.717) is 12.1 Å². The molecule has 36 heavy (non-hydrogen) atoms. The van der Waals surface area contributed by atoms with Crippen molar-refractivity contribution < 1.29 is 13.6 Å². The van der Waals surface area contributed by atoms with Gasteiger partial charge in [-0.25, -0.2) is 8.78 Å². The fourth-order valence-corrected chi connectivity index (χ4v) is 5.52. The van der Waals surface area contributed by atoms with Crippen LogP contribution in [0.5, 0.6) is 0 Å². The van der Waals surface area contributed by atoms with Crippen LogP contribution in [0.15, 0.2) is 36.5 Å². The average molecular weight is 500 g/mol. The lowest BCUT2D eigenvalue weighted by Crippen LogP contribution is -2.78. The van der Waals surface area contributed by atoms with Crippen molar-refractivity contribution >= 4 is 88.1 Å². The number of piperidine rings is 1. The maximum atomic E-state index is 17.2. The van der Waals surface area contributed by atoms with Crippen LogP contribution in [0.4, 0.5) is 8.78 Å². The summed E-state index contributed by atoms with van der Waals surface area (Å²) in [6, 6.07) is 8.00. The molecule has 1 atom stereocenters. The fourth-order valence-electron chi connectivity index (χ4n) is 5.34. The molecule has 0 bridgehead atoms. The molecule has 0 saturated carbocycles. The van der Waals surface area contributed by atoms with Crippen molar-refractivity contribution in [3.63, 3.8) is 0 Å². The molecule has 1 aliphatic heterocycles. The molecule has 2 aromatic rings. The predicted octanol–water partition coefficient (Wildman–Crippen LogP) is -5.55. The maximum absolute atomic E-state index is 17.2. The number of benzene rings is 1. The standard InChI is InChI=1S/C20H31B9ClF2N3O/c21-17(22,23)11-2-3-12(33-8-11)9-34-19(26,27)16(32)5-6-35(20(28,29)18(16,24)25)15(36)10-1-4-14(31)13(30)7-10/h1-4,7-8,34H,5-6,9,21-29H2. The number of alkyl halides is 1. The lowest BCUT2D eigenvalue weighted by atomic mass is 9.23. The third-order valence-corrected chi connectivity index (χ3v) is 8.97. The first-order chi connectivity index (χ1) is 16.3. The number of nitrogens with zero attached hydrogens (tertiary/aromatic N) is 2. The van der Waals surface area contributed by atoms with Gasteiger partial charge in [-0.2, -0.15) is 0 Å². The summed E-state index contributed by atoms with van der Waals surface area (Å²) in [4.78, 5) is 19.7. The van der Waals surface area contributed by atoms with Gasteiger partial charge in [-0.05, 0) is 52.1 Å². The lowest BCUT2D eigenvalue weighted by molar-refractivity contribution is -0.00214. The van der Waals surface area contributed by atoms with Crippen LogP contribution < -0.4 is 5.32 Å². The molecule has 1 aliphatic rings. The van der Waals surface area contributed by atoms with Crippen LogP contribution in [0, 0.1) is 5.82 Å². The van der Waals surface area contributed by atoms with Gasteiger partial charge in [-0.3, -0.25) is 9.78 Å². The molecular formula is C20H31B9ClF2N3O. The summed E-state index contributed by atoms with van der Waals surface area (Å²) in [5, 5.41) is 0.648. The number of pyridine rings is 1. The quantitative estimate of drug-likeness (QED) is 0.403. The van der Waals surface area contributed by atoms with Crippen LogP contribution in [-0.4, -0.2) is 109 Å². The summed E-state index contributed by atoms with van der Waals surface area (Å²) in [5.74, 6) is -0.865. The number of nitrogens with one attached hydrogen (secondary N) is 1. The van der Waals surface area contributed by atoms with Gasteiger partial charge in [-0.15, -0.1) is 0 Å². The molecule has 1 N–H and O–H groups in total. The zero-order valence-corrected chi connectivity index (χ0v) is 23.8. The third-order valence-electron chi connectivity index (χ3n) is 8.68. The monoisotopic (exact) mass is 501 g/mol. The number of amides is 1. The zero-order chi connectivity index (χ0) is 27.3. The highest BCUT2D eigenvalue weighted by Gasteiger charge is 2.64. The number of rotatable bonds is 6. The molecular weight excluding hydrogens is 469 g/mol. The summed E-state index contributed by atoms with van der Waals surface area (Å²) in [7, 11) is 17.7. The van der Waals surface area contributed by atoms with Gasteiger partial charge in [0.1, 0.15) is 58.6 Å². The van der Waals surface area contributed by atoms with Gasteiger partial charge in [0.25, 0.3) is 5.91 Å². The minimum Gasteiger partial charge on any atom is -0.349 e. The number of carbonyl (C=O) groups excluding carboxylic acids is 1. The Kier molecular flexibility index (Phi) is 7.83. The molecule has 0 spiro atoms. The van der Waals surface area contributed by atoms with Crippen LogP contribution >= 0.6 is 11.6 Å². The fraction of sp³-hybridized carbons (Fsp3) is 0.400. The molecule has 180 valence electrons. The van der Waals surface area contributed by atoms with Crippen molar-refractivity contribution in [3.8, 4) is 0 Å². The maximum Gasteiger partial charge on any atom is 0.253 e. The van der Waals surface area contributed by atoms with Crippen molar-refractivity contribution in [2.45, 2.75) is 39.6 Å². The van der Waals surface area contributed by atoms with Gasteiger partial charge < -0.3 is 10.2 Å². The molecule has 3 rings (SSSR count). The van der Waals surface area contributed by atoms with E-state index in [1.807, 2.05) is 59.3 Å². The van der Waals surface area contributed by atoms with E-state index in [1.54, 1.807) is 4.90 Å². The second-order valence-electron chi connectivity index (χ2n) is 12.6. The van der Waals surface area contributed by atoms with E-state index >= 15 is 4.39 Å². The van der Waals surface area contributed by atoms with Crippen LogP contribution in [-0.2, 0) is 11.7 Å². The van der Waals surface area contributed by atoms with Crippen molar-refractivity contribution in [2.24, 2.45) is 0 Å². The van der Waals surface area contributed by atoms with Crippen LogP contribution in [0.25, 0.3) is 0 Å². The number of aromatic nitrogens is 1. The van der Waals surface area contributed by atoms with Gasteiger partial charge in [0, 0.05) is 24.8 Å². The Labute approximate surface area is 226 Å².